The number of likely N-dealkylation sites (tertiary alicyclic amines) is 1. The van der Waals surface area contributed by atoms with E-state index in [0.29, 0.717) is 17.9 Å². The van der Waals surface area contributed by atoms with E-state index < -0.39 is 0 Å². The molecule has 7 nitrogen and oxygen atoms in total. The minimum atomic E-state index is -0.220. The van der Waals surface area contributed by atoms with Crippen LogP contribution in [-0.2, 0) is 11.8 Å². The van der Waals surface area contributed by atoms with Gasteiger partial charge in [0.2, 0.25) is 5.91 Å². The number of carbonyl (C=O) groups is 2. The van der Waals surface area contributed by atoms with Crippen LogP contribution in [0.3, 0.4) is 0 Å². The fourth-order valence-corrected chi connectivity index (χ4v) is 2.93. The molecule has 0 aliphatic carbocycles. The number of piperidine rings is 1. The Kier molecular flexibility index (Phi) is 5.45. The zero-order chi connectivity index (χ0) is 17.6. The number of nitrogens with one attached hydrogen (secondary N) is 2. The van der Waals surface area contributed by atoms with Crippen LogP contribution < -0.4 is 10.6 Å². The summed E-state index contributed by atoms with van der Waals surface area (Å²) in [5, 5.41) is 5.71. The van der Waals surface area contributed by atoms with E-state index in [-0.39, 0.29) is 11.8 Å². The summed E-state index contributed by atoms with van der Waals surface area (Å²) < 4.78 is 1.66. The molecule has 132 valence electrons. The molecule has 0 spiro atoms. The first-order chi connectivity index (χ1) is 12.1. The standard InChI is InChI=1S/C18H23N5O2/c1-22-13-19-11-16(22)18(25)21-15-7-5-14(6-8-15)20-17(24)12-23-9-3-2-4-10-23/h5-8,11,13H,2-4,9-10,12H2,1H3,(H,20,24)(H,21,25). The molecular formula is C18H23N5O2. The Labute approximate surface area is 147 Å². The van der Waals surface area contributed by atoms with E-state index in [1.807, 2.05) is 0 Å². The third kappa shape index (κ3) is 4.67. The van der Waals surface area contributed by atoms with Gasteiger partial charge < -0.3 is 15.2 Å². The van der Waals surface area contributed by atoms with E-state index in [9.17, 15) is 9.59 Å². The average Bonchev–Trinajstić information content (AvgIpc) is 3.03. The summed E-state index contributed by atoms with van der Waals surface area (Å²) in [6, 6.07) is 7.11. The molecule has 2 heterocycles. The van der Waals surface area contributed by atoms with Crippen LogP contribution in [0, 0.1) is 0 Å². The highest BCUT2D eigenvalue weighted by Gasteiger charge is 2.14. The molecule has 1 aliphatic heterocycles. The summed E-state index contributed by atoms with van der Waals surface area (Å²) in [7, 11) is 1.77. The van der Waals surface area contributed by atoms with Crippen LogP contribution in [0.2, 0.25) is 0 Å². The van der Waals surface area contributed by atoms with Crippen molar-refractivity contribution >= 4 is 23.2 Å². The molecule has 1 saturated heterocycles. The smallest absolute Gasteiger partial charge is 0.273 e. The second-order valence-electron chi connectivity index (χ2n) is 6.31. The maximum Gasteiger partial charge on any atom is 0.273 e. The molecule has 0 saturated carbocycles. The van der Waals surface area contributed by atoms with Gasteiger partial charge in [-0.15, -0.1) is 0 Å². The first kappa shape index (κ1) is 17.2. The van der Waals surface area contributed by atoms with Crippen molar-refractivity contribution in [1.82, 2.24) is 14.5 Å². The van der Waals surface area contributed by atoms with Crippen LogP contribution >= 0.6 is 0 Å². The SMILES string of the molecule is Cn1cncc1C(=O)Nc1ccc(NC(=O)CN2CCCCC2)cc1. The molecule has 1 fully saturated rings. The van der Waals surface area contributed by atoms with Gasteiger partial charge in [0.1, 0.15) is 5.69 Å². The van der Waals surface area contributed by atoms with Crippen LogP contribution in [0.25, 0.3) is 0 Å². The predicted molar refractivity (Wildman–Crippen MR) is 96.5 cm³/mol. The second-order valence-corrected chi connectivity index (χ2v) is 6.31. The third-order valence-corrected chi connectivity index (χ3v) is 4.29. The van der Waals surface area contributed by atoms with E-state index in [1.54, 1.807) is 42.2 Å². The van der Waals surface area contributed by atoms with Crippen molar-refractivity contribution in [2.75, 3.05) is 30.3 Å². The number of aryl methyl sites for hydroxylation is 1. The first-order valence-electron chi connectivity index (χ1n) is 8.52. The molecule has 2 N–H and O–H groups in total. The van der Waals surface area contributed by atoms with Crippen molar-refractivity contribution in [3.63, 3.8) is 0 Å². The zero-order valence-corrected chi connectivity index (χ0v) is 14.4. The molecular weight excluding hydrogens is 318 g/mol. The Morgan fingerprint density at radius 1 is 1.04 bits per heavy atom. The van der Waals surface area contributed by atoms with Gasteiger partial charge in [-0.2, -0.15) is 0 Å². The highest BCUT2D eigenvalue weighted by atomic mass is 16.2. The van der Waals surface area contributed by atoms with E-state index in [4.69, 9.17) is 0 Å². The average molecular weight is 341 g/mol. The number of imidazole rings is 1. The Hall–Kier alpha value is -2.67. The monoisotopic (exact) mass is 341 g/mol. The molecule has 3 rings (SSSR count). The lowest BCUT2D eigenvalue weighted by molar-refractivity contribution is -0.117. The molecule has 1 aliphatic rings. The summed E-state index contributed by atoms with van der Waals surface area (Å²) in [6.07, 6.45) is 6.68. The van der Waals surface area contributed by atoms with Crippen LogP contribution in [0.4, 0.5) is 11.4 Å². The lowest BCUT2D eigenvalue weighted by Crippen LogP contribution is -2.36. The Balaban J connectivity index is 1.52. The Bertz CT molecular complexity index is 732. The first-order valence-corrected chi connectivity index (χ1v) is 8.52. The number of carbonyl (C=O) groups excluding carboxylic acids is 2. The van der Waals surface area contributed by atoms with E-state index in [1.165, 1.54) is 25.5 Å². The van der Waals surface area contributed by atoms with Gasteiger partial charge in [0.15, 0.2) is 0 Å². The van der Waals surface area contributed by atoms with Crippen molar-refractivity contribution in [3.8, 4) is 0 Å². The van der Waals surface area contributed by atoms with Gasteiger partial charge >= 0.3 is 0 Å². The van der Waals surface area contributed by atoms with Gasteiger partial charge in [-0.05, 0) is 50.2 Å². The largest absolute Gasteiger partial charge is 0.330 e. The van der Waals surface area contributed by atoms with Crippen molar-refractivity contribution in [2.45, 2.75) is 19.3 Å². The van der Waals surface area contributed by atoms with Crippen LogP contribution in [0.15, 0.2) is 36.8 Å². The highest BCUT2D eigenvalue weighted by molar-refractivity contribution is 6.03. The number of rotatable bonds is 5. The van der Waals surface area contributed by atoms with Gasteiger partial charge in [-0.25, -0.2) is 4.98 Å². The van der Waals surface area contributed by atoms with Gasteiger partial charge in [-0.3, -0.25) is 14.5 Å². The van der Waals surface area contributed by atoms with E-state index >= 15 is 0 Å². The quantitative estimate of drug-likeness (QED) is 0.873. The maximum atomic E-state index is 12.1. The fourth-order valence-electron chi connectivity index (χ4n) is 2.93. The third-order valence-electron chi connectivity index (χ3n) is 4.29. The number of anilines is 2. The van der Waals surface area contributed by atoms with Crippen molar-refractivity contribution in [3.05, 3.63) is 42.5 Å². The topological polar surface area (TPSA) is 79.3 Å². The highest BCUT2D eigenvalue weighted by Crippen LogP contribution is 2.15. The number of amides is 2. The normalized spacial score (nSPS) is 14.9. The van der Waals surface area contributed by atoms with Gasteiger partial charge in [0, 0.05) is 18.4 Å². The fraction of sp³-hybridized carbons (Fsp3) is 0.389. The number of nitrogens with zero attached hydrogens (tertiary/aromatic N) is 3. The Morgan fingerprint density at radius 3 is 2.28 bits per heavy atom. The minimum Gasteiger partial charge on any atom is -0.330 e. The molecule has 1 aromatic heterocycles. The summed E-state index contributed by atoms with van der Waals surface area (Å²) in [6.45, 7) is 2.41. The van der Waals surface area contributed by atoms with Crippen LogP contribution in [0.5, 0.6) is 0 Å². The van der Waals surface area contributed by atoms with Crippen molar-refractivity contribution < 1.29 is 9.59 Å². The minimum absolute atomic E-state index is 0.00595. The summed E-state index contributed by atoms with van der Waals surface area (Å²) in [5.74, 6) is -0.226. The lowest BCUT2D eigenvalue weighted by Gasteiger charge is -2.25. The maximum absolute atomic E-state index is 12.1. The number of aromatic nitrogens is 2. The number of hydrogen-bond donors (Lipinski definition) is 2. The van der Waals surface area contributed by atoms with Crippen molar-refractivity contribution in [1.29, 1.82) is 0 Å². The number of hydrogen-bond acceptors (Lipinski definition) is 4. The van der Waals surface area contributed by atoms with Crippen LogP contribution in [0.1, 0.15) is 29.8 Å². The molecule has 0 bridgehead atoms. The molecule has 0 unspecified atom stereocenters. The number of benzene rings is 1. The van der Waals surface area contributed by atoms with Gasteiger partial charge in [0.25, 0.3) is 5.91 Å². The Morgan fingerprint density at radius 2 is 1.68 bits per heavy atom. The van der Waals surface area contributed by atoms with Crippen molar-refractivity contribution in [2.24, 2.45) is 7.05 Å². The predicted octanol–water partition coefficient (Wildman–Crippen LogP) is 2.10. The zero-order valence-electron chi connectivity index (χ0n) is 14.4. The molecule has 2 amide bonds. The van der Waals surface area contributed by atoms with Gasteiger partial charge in [-0.1, -0.05) is 6.42 Å². The molecule has 0 atom stereocenters. The van der Waals surface area contributed by atoms with E-state index in [2.05, 4.69) is 20.5 Å². The second kappa shape index (κ2) is 7.94. The van der Waals surface area contributed by atoms with Gasteiger partial charge in [0.05, 0.1) is 19.1 Å². The molecule has 25 heavy (non-hydrogen) atoms. The molecule has 0 radical (unpaired) electrons. The summed E-state index contributed by atoms with van der Waals surface area (Å²) in [5.41, 5.74) is 1.87. The van der Waals surface area contributed by atoms with Crippen LogP contribution in [-0.4, -0.2) is 45.9 Å². The molecule has 7 heteroatoms. The summed E-state index contributed by atoms with van der Waals surface area (Å²) in [4.78, 5) is 30.3. The molecule has 2 aromatic rings. The van der Waals surface area contributed by atoms with E-state index in [0.717, 1.165) is 18.8 Å². The molecule has 1 aromatic carbocycles. The summed E-state index contributed by atoms with van der Waals surface area (Å²) >= 11 is 0. The lowest BCUT2D eigenvalue weighted by atomic mass is 10.1.